The topological polar surface area (TPSA) is 83.2 Å². The van der Waals surface area contributed by atoms with Crippen LogP contribution in [0.2, 0.25) is 0 Å². The Morgan fingerprint density at radius 3 is 1.88 bits per heavy atom. The van der Waals surface area contributed by atoms with Crippen LogP contribution in [0.5, 0.6) is 23.0 Å². The Labute approximate surface area is 191 Å². The number of carbonyl (C=O) groups excluding carboxylic acids is 1. The molecule has 1 heterocycles. The molecule has 0 aromatic heterocycles. The predicted molar refractivity (Wildman–Crippen MR) is 123 cm³/mol. The van der Waals surface area contributed by atoms with Gasteiger partial charge in [-0.3, -0.25) is 4.79 Å². The number of carbonyl (C=O) groups is 1. The van der Waals surface area contributed by atoms with Gasteiger partial charge in [0.25, 0.3) is 0 Å². The second-order valence-corrected chi connectivity index (χ2v) is 7.57. The van der Waals surface area contributed by atoms with Crippen molar-refractivity contribution in [3.05, 3.63) is 71.5 Å². The van der Waals surface area contributed by atoms with Crippen molar-refractivity contribution < 1.29 is 28.1 Å². The van der Waals surface area contributed by atoms with Gasteiger partial charge in [0.05, 0.1) is 51.8 Å². The van der Waals surface area contributed by atoms with Gasteiger partial charge in [-0.1, -0.05) is 18.2 Å². The number of halogens is 1. The SMILES string of the molecule is COc1ccc([C@@H]2[C@@H](c3ccc(F)cc3)C(=O)N2c2cc(OC)c(OC)c(OC)c2)cc1N. The number of nitrogens with two attached hydrogens (primary N) is 1. The van der Waals surface area contributed by atoms with Gasteiger partial charge in [-0.2, -0.15) is 0 Å². The molecular weight excluding hydrogens is 427 g/mol. The third-order valence-electron chi connectivity index (χ3n) is 5.85. The van der Waals surface area contributed by atoms with Crippen molar-refractivity contribution in [2.24, 2.45) is 0 Å². The third kappa shape index (κ3) is 3.77. The molecule has 1 aliphatic heterocycles. The Morgan fingerprint density at radius 2 is 1.36 bits per heavy atom. The summed E-state index contributed by atoms with van der Waals surface area (Å²) in [6, 6.07) is 14.4. The summed E-state index contributed by atoms with van der Waals surface area (Å²) in [6.07, 6.45) is 0. The highest BCUT2D eigenvalue weighted by molar-refractivity contribution is 6.07. The number of anilines is 2. The van der Waals surface area contributed by atoms with Crippen molar-refractivity contribution in [2.75, 3.05) is 39.1 Å². The molecular formula is C25H25FN2O5. The number of nitrogen functional groups attached to an aromatic ring is 1. The second-order valence-electron chi connectivity index (χ2n) is 7.57. The van der Waals surface area contributed by atoms with Crippen LogP contribution in [0.15, 0.2) is 54.6 Å². The minimum absolute atomic E-state index is 0.143. The van der Waals surface area contributed by atoms with Crippen LogP contribution < -0.4 is 29.6 Å². The molecule has 8 heteroatoms. The minimum Gasteiger partial charge on any atom is -0.495 e. The van der Waals surface area contributed by atoms with Crippen molar-refractivity contribution in [1.29, 1.82) is 0 Å². The Morgan fingerprint density at radius 1 is 0.788 bits per heavy atom. The lowest BCUT2D eigenvalue weighted by Crippen LogP contribution is -2.53. The molecule has 33 heavy (non-hydrogen) atoms. The standard InChI is InChI=1S/C25H25FN2O5/c1-30-19-10-7-15(11-18(19)27)23-22(14-5-8-16(26)9-6-14)25(29)28(23)17-12-20(31-2)24(33-4)21(13-17)32-3/h5-13,22-23H,27H2,1-4H3/t22-,23-/m1/s1. The Hall–Kier alpha value is -3.94. The highest BCUT2D eigenvalue weighted by atomic mass is 19.1. The van der Waals surface area contributed by atoms with Crippen LogP contribution in [-0.2, 0) is 4.79 Å². The first kappa shape index (κ1) is 22.3. The van der Waals surface area contributed by atoms with Crippen LogP contribution in [0.1, 0.15) is 23.1 Å². The molecule has 7 nitrogen and oxygen atoms in total. The molecule has 2 atom stereocenters. The van der Waals surface area contributed by atoms with Gasteiger partial charge in [-0.05, 0) is 35.4 Å². The molecule has 172 valence electrons. The van der Waals surface area contributed by atoms with Crippen LogP contribution in [0.4, 0.5) is 15.8 Å². The number of β-lactam (4-membered cyclic amide) rings is 1. The van der Waals surface area contributed by atoms with Crippen LogP contribution in [0.3, 0.4) is 0 Å². The first-order valence-electron chi connectivity index (χ1n) is 10.3. The smallest absolute Gasteiger partial charge is 0.237 e. The first-order valence-corrected chi connectivity index (χ1v) is 10.3. The minimum atomic E-state index is -0.516. The normalized spacial score (nSPS) is 17.4. The number of hydrogen-bond acceptors (Lipinski definition) is 6. The zero-order chi connectivity index (χ0) is 23.7. The zero-order valence-corrected chi connectivity index (χ0v) is 18.8. The van der Waals surface area contributed by atoms with E-state index in [0.29, 0.717) is 39.9 Å². The molecule has 0 bridgehead atoms. The molecule has 0 saturated carbocycles. The van der Waals surface area contributed by atoms with Gasteiger partial charge in [0.2, 0.25) is 11.7 Å². The molecule has 3 aromatic carbocycles. The van der Waals surface area contributed by atoms with E-state index in [9.17, 15) is 9.18 Å². The zero-order valence-electron chi connectivity index (χ0n) is 18.8. The first-order chi connectivity index (χ1) is 15.9. The predicted octanol–water partition coefficient (Wildman–Crippen LogP) is 4.31. The number of nitrogens with zero attached hydrogens (tertiary/aromatic N) is 1. The number of hydrogen-bond donors (Lipinski definition) is 1. The quantitative estimate of drug-likeness (QED) is 0.425. The third-order valence-corrected chi connectivity index (χ3v) is 5.85. The average Bonchev–Trinajstić information content (AvgIpc) is 2.82. The largest absolute Gasteiger partial charge is 0.495 e. The molecule has 1 fully saturated rings. The van der Waals surface area contributed by atoms with Gasteiger partial charge < -0.3 is 29.6 Å². The van der Waals surface area contributed by atoms with Crippen LogP contribution in [0, 0.1) is 5.82 Å². The fourth-order valence-electron chi connectivity index (χ4n) is 4.26. The summed E-state index contributed by atoms with van der Waals surface area (Å²) in [5, 5.41) is 0. The van der Waals surface area contributed by atoms with E-state index in [4.69, 9.17) is 24.7 Å². The van der Waals surface area contributed by atoms with Gasteiger partial charge in [-0.15, -0.1) is 0 Å². The maximum Gasteiger partial charge on any atom is 0.237 e. The molecule has 0 unspecified atom stereocenters. The van der Waals surface area contributed by atoms with E-state index in [1.54, 1.807) is 48.4 Å². The summed E-state index contributed by atoms with van der Waals surface area (Å²) in [5.74, 6) is 0.805. The maximum absolute atomic E-state index is 13.5. The number of benzene rings is 3. The van der Waals surface area contributed by atoms with E-state index in [0.717, 1.165) is 5.56 Å². The molecule has 0 spiro atoms. The summed E-state index contributed by atoms with van der Waals surface area (Å²) in [7, 11) is 6.09. The summed E-state index contributed by atoms with van der Waals surface area (Å²) < 4.78 is 35.2. The lowest BCUT2D eigenvalue weighted by molar-refractivity contribution is -0.126. The van der Waals surface area contributed by atoms with Crippen LogP contribution >= 0.6 is 0 Å². The molecule has 1 amide bonds. The van der Waals surface area contributed by atoms with E-state index >= 15 is 0 Å². The van der Waals surface area contributed by atoms with Gasteiger partial charge in [0.15, 0.2) is 11.5 Å². The van der Waals surface area contributed by atoms with Crippen molar-refractivity contribution in [3.8, 4) is 23.0 Å². The van der Waals surface area contributed by atoms with Crippen LogP contribution in [-0.4, -0.2) is 34.3 Å². The van der Waals surface area contributed by atoms with E-state index in [1.165, 1.54) is 33.5 Å². The number of amides is 1. The summed E-state index contributed by atoms with van der Waals surface area (Å²) in [5.41, 5.74) is 8.73. The van der Waals surface area contributed by atoms with Crippen molar-refractivity contribution in [2.45, 2.75) is 12.0 Å². The van der Waals surface area contributed by atoms with Gasteiger partial charge in [0, 0.05) is 12.1 Å². The number of ether oxygens (including phenoxy) is 4. The van der Waals surface area contributed by atoms with Crippen molar-refractivity contribution in [1.82, 2.24) is 0 Å². The molecule has 1 aliphatic rings. The van der Waals surface area contributed by atoms with Gasteiger partial charge in [0.1, 0.15) is 11.6 Å². The monoisotopic (exact) mass is 452 g/mol. The van der Waals surface area contributed by atoms with E-state index in [-0.39, 0.29) is 17.8 Å². The van der Waals surface area contributed by atoms with Crippen molar-refractivity contribution in [3.63, 3.8) is 0 Å². The molecule has 0 aliphatic carbocycles. The van der Waals surface area contributed by atoms with E-state index < -0.39 is 5.92 Å². The maximum atomic E-state index is 13.5. The molecule has 0 radical (unpaired) electrons. The highest BCUT2D eigenvalue weighted by Gasteiger charge is 2.50. The number of methoxy groups -OCH3 is 4. The number of rotatable bonds is 7. The fraction of sp³-hybridized carbons (Fsp3) is 0.240. The van der Waals surface area contributed by atoms with E-state index in [1.807, 2.05) is 6.07 Å². The molecule has 2 N–H and O–H groups in total. The lowest BCUT2D eigenvalue weighted by Gasteiger charge is -2.48. The van der Waals surface area contributed by atoms with Gasteiger partial charge >= 0.3 is 0 Å². The Balaban J connectivity index is 1.84. The summed E-state index contributed by atoms with van der Waals surface area (Å²) in [6.45, 7) is 0. The van der Waals surface area contributed by atoms with Crippen LogP contribution in [0.25, 0.3) is 0 Å². The lowest BCUT2D eigenvalue weighted by atomic mass is 9.77. The molecule has 3 aromatic rings. The van der Waals surface area contributed by atoms with Crippen molar-refractivity contribution >= 4 is 17.3 Å². The molecule has 4 rings (SSSR count). The summed E-state index contributed by atoms with van der Waals surface area (Å²) >= 11 is 0. The molecule has 1 saturated heterocycles. The van der Waals surface area contributed by atoms with Gasteiger partial charge in [-0.25, -0.2) is 4.39 Å². The fourth-order valence-corrected chi connectivity index (χ4v) is 4.26. The highest BCUT2D eigenvalue weighted by Crippen LogP contribution is 2.52. The average molecular weight is 452 g/mol. The Bertz CT molecular complexity index is 1160. The summed E-state index contributed by atoms with van der Waals surface area (Å²) in [4.78, 5) is 15.1. The van der Waals surface area contributed by atoms with E-state index in [2.05, 4.69) is 0 Å². The second kappa shape index (κ2) is 8.90. The Kier molecular flexibility index (Phi) is 6.00.